The zero-order valence-electron chi connectivity index (χ0n) is 12.3. The van der Waals surface area contributed by atoms with Gasteiger partial charge in [-0.3, -0.25) is 5.01 Å². The van der Waals surface area contributed by atoms with E-state index in [1.54, 1.807) is 5.01 Å². The predicted molar refractivity (Wildman–Crippen MR) is 87.9 cm³/mol. The van der Waals surface area contributed by atoms with Gasteiger partial charge in [0, 0.05) is 11.1 Å². The molecule has 0 fully saturated rings. The number of amides is 2. The molecule has 0 saturated carbocycles. The van der Waals surface area contributed by atoms with Gasteiger partial charge in [-0.05, 0) is 42.7 Å². The third-order valence-corrected chi connectivity index (χ3v) is 4.48. The molecular formula is C18H18N3O. The highest BCUT2D eigenvalue weighted by Crippen LogP contribution is 2.38. The molecule has 111 valence electrons. The van der Waals surface area contributed by atoms with Crippen molar-refractivity contribution in [1.82, 2.24) is 5.01 Å². The van der Waals surface area contributed by atoms with Crippen molar-refractivity contribution in [2.75, 3.05) is 11.6 Å². The van der Waals surface area contributed by atoms with Crippen LogP contribution in [0, 0.1) is 6.42 Å². The number of allylic oxidation sites excluding steroid dienone is 1. The number of benzene rings is 2. The van der Waals surface area contributed by atoms with E-state index in [1.165, 1.54) is 11.0 Å². The van der Waals surface area contributed by atoms with Crippen LogP contribution >= 0.6 is 0 Å². The van der Waals surface area contributed by atoms with Gasteiger partial charge >= 0.3 is 6.03 Å². The molecule has 22 heavy (non-hydrogen) atoms. The van der Waals surface area contributed by atoms with Gasteiger partial charge in [0.2, 0.25) is 0 Å². The highest BCUT2D eigenvalue weighted by Gasteiger charge is 2.35. The van der Waals surface area contributed by atoms with Crippen LogP contribution in [0.25, 0.3) is 10.8 Å². The van der Waals surface area contributed by atoms with Crippen molar-refractivity contribution in [3.05, 3.63) is 60.2 Å². The summed E-state index contributed by atoms with van der Waals surface area (Å²) in [6.07, 6.45) is 5.12. The zero-order chi connectivity index (χ0) is 15.1. The lowest BCUT2D eigenvalue weighted by Crippen LogP contribution is -2.45. The number of hydrogen-bond acceptors (Lipinski definition) is 2. The minimum absolute atomic E-state index is 0.403. The monoisotopic (exact) mass is 292 g/mol. The number of nitrogens with two attached hydrogens (primary N) is 1. The molecule has 4 rings (SSSR count). The highest BCUT2D eigenvalue weighted by atomic mass is 16.2. The van der Waals surface area contributed by atoms with Crippen molar-refractivity contribution in [2.24, 2.45) is 5.73 Å². The average molecular weight is 292 g/mol. The lowest BCUT2D eigenvalue weighted by atomic mass is 9.97. The topological polar surface area (TPSA) is 49.6 Å². The van der Waals surface area contributed by atoms with Crippen LogP contribution in [-0.2, 0) is 0 Å². The van der Waals surface area contributed by atoms with Crippen LogP contribution in [0.1, 0.15) is 19.3 Å². The number of urea groups is 1. The first-order chi connectivity index (χ1) is 10.8. The summed E-state index contributed by atoms with van der Waals surface area (Å²) in [5.41, 5.74) is 9.10. The van der Waals surface area contributed by atoms with Gasteiger partial charge in [0.25, 0.3) is 0 Å². The Morgan fingerprint density at radius 1 is 1.09 bits per heavy atom. The fourth-order valence-electron chi connectivity index (χ4n) is 3.50. The van der Waals surface area contributed by atoms with E-state index in [4.69, 9.17) is 5.73 Å². The summed E-state index contributed by atoms with van der Waals surface area (Å²) in [5.74, 6) is 0. The third-order valence-electron chi connectivity index (χ3n) is 4.48. The molecule has 0 unspecified atom stereocenters. The first-order valence-electron chi connectivity index (χ1n) is 7.63. The van der Waals surface area contributed by atoms with Crippen molar-refractivity contribution in [3.8, 4) is 0 Å². The summed E-state index contributed by atoms with van der Waals surface area (Å²) in [5, 5.41) is 6.00. The molecule has 1 aliphatic carbocycles. The van der Waals surface area contributed by atoms with Gasteiger partial charge in [0.1, 0.15) is 0 Å². The van der Waals surface area contributed by atoms with Crippen LogP contribution in [0.4, 0.5) is 10.5 Å². The Morgan fingerprint density at radius 3 is 2.77 bits per heavy atom. The number of hydrogen-bond donors (Lipinski definition) is 1. The molecule has 2 aliphatic rings. The van der Waals surface area contributed by atoms with Crippen molar-refractivity contribution in [2.45, 2.75) is 19.3 Å². The highest BCUT2D eigenvalue weighted by molar-refractivity contribution is 5.95. The maximum Gasteiger partial charge on any atom is 0.338 e. The van der Waals surface area contributed by atoms with Crippen molar-refractivity contribution >= 4 is 22.5 Å². The third kappa shape index (κ3) is 1.95. The van der Waals surface area contributed by atoms with Crippen LogP contribution in [0.5, 0.6) is 0 Å². The van der Waals surface area contributed by atoms with E-state index >= 15 is 0 Å². The van der Waals surface area contributed by atoms with Gasteiger partial charge in [-0.2, -0.15) is 0 Å². The summed E-state index contributed by atoms with van der Waals surface area (Å²) < 4.78 is 0. The minimum Gasteiger partial charge on any atom is -0.350 e. The predicted octanol–water partition coefficient (Wildman–Crippen LogP) is 3.60. The lowest BCUT2D eigenvalue weighted by Gasteiger charge is -2.31. The summed E-state index contributed by atoms with van der Waals surface area (Å²) in [7, 11) is 0. The van der Waals surface area contributed by atoms with Gasteiger partial charge in [0.15, 0.2) is 0 Å². The van der Waals surface area contributed by atoms with Crippen LogP contribution < -0.4 is 10.7 Å². The second kappa shape index (κ2) is 5.05. The van der Waals surface area contributed by atoms with Crippen LogP contribution in [0.3, 0.4) is 0 Å². The smallest absolute Gasteiger partial charge is 0.338 e. The zero-order valence-corrected chi connectivity index (χ0v) is 12.3. The summed E-state index contributed by atoms with van der Waals surface area (Å²) in [6, 6.07) is 14.0. The van der Waals surface area contributed by atoms with Gasteiger partial charge in [-0.15, -0.1) is 0 Å². The standard InChI is InChI=1S/C18H18N3O/c19-18(22)21-16-10-4-2-7-14(16)12-20(21)17-11-5-8-13-6-1-3-9-15(13)17/h1-3,5-6,8-9,11H,4,7,10,12H2,(H2,19,22). The second-order valence-electron chi connectivity index (χ2n) is 5.79. The van der Waals surface area contributed by atoms with E-state index in [2.05, 4.69) is 30.7 Å². The van der Waals surface area contributed by atoms with Gasteiger partial charge in [-0.25, -0.2) is 9.80 Å². The fraction of sp³-hybridized carbons (Fsp3) is 0.222. The molecule has 0 atom stereocenters. The first-order valence-corrected chi connectivity index (χ1v) is 7.63. The van der Waals surface area contributed by atoms with Gasteiger partial charge in [0.05, 0.1) is 12.2 Å². The van der Waals surface area contributed by atoms with E-state index in [9.17, 15) is 4.79 Å². The van der Waals surface area contributed by atoms with Crippen molar-refractivity contribution in [3.63, 3.8) is 0 Å². The number of anilines is 1. The Bertz CT molecular complexity index is 776. The molecule has 0 saturated heterocycles. The molecule has 2 N–H and O–H groups in total. The minimum atomic E-state index is -0.403. The number of fused-ring (bicyclic) bond motifs is 1. The molecule has 2 aromatic rings. The van der Waals surface area contributed by atoms with E-state index in [0.717, 1.165) is 42.6 Å². The Morgan fingerprint density at radius 2 is 1.91 bits per heavy atom. The van der Waals surface area contributed by atoms with Crippen LogP contribution in [0.2, 0.25) is 0 Å². The Balaban J connectivity index is 1.83. The number of carbonyl (C=O) groups excluding carboxylic acids is 1. The van der Waals surface area contributed by atoms with E-state index in [1.807, 2.05) is 23.2 Å². The van der Waals surface area contributed by atoms with Crippen LogP contribution in [0.15, 0.2) is 53.7 Å². The number of primary amides is 1. The first kappa shape index (κ1) is 13.2. The normalized spacial score (nSPS) is 18.0. The molecule has 0 bridgehead atoms. The SMILES string of the molecule is NC(=O)N1C2=C(C[CH]CC2)CN1c1cccc2ccccc12. The molecule has 4 heteroatoms. The number of hydrazine groups is 1. The molecule has 1 heterocycles. The number of nitrogens with zero attached hydrogens (tertiary/aromatic N) is 2. The summed E-state index contributed by atoms with van der Waals surface area (Å²) >= 11 is 0. The second-order valence-corrected chi connectivity index (χ2v) is 5.79. The fourth-order valence-corrected chi connectivity index (χ4v) is 3.50. The quantitative estimate of drug-likeness (QED) is 0.873. The van der Waals surface area contributed by atoms with Crippen LogP contribution in [-0.4, -0.2) is 17.6 Å². The Hall–Kier alpha value is -2.49. The Labute approximate surface area is 129 Å². The molecule has 2 aromatic carbocycles. The molecule has 1 aliphatic heterocycles. The molecule has 4 nitrogen and oxygen atoms in total. The van der Waals surface area contributed by atoms with E-state index < -0.39 is 6.03 Å². The largest absolute Gasteiger partial charge is 0.350 e. The van der Waals surface area contributed by atoms with Gasteiger partial charge < -0.3 is 5.73 Å². The number of rotatable bonds is 1. The molecule has 2 amide bonds. The van der Waals surface area contributed by atoms with E-state index in [0.29, 0.717) is 0 Å². The van der Waals surface area contributed by atoms with Gasteiger partial charge in [-0.1, -0.05) is 36.4 Å². The molecular weight excluding hydrogens is 274 g/mol. The summed E-state index contributed by atoms with van der Waals surface area (Å²) in [4.78, 5) is 12.0. The number of carbonyl (C=O) groups is 1. The maximum absolute atomic E-state index is 12.0. The molecule has 1 radical (unpaired) electrons. The van der Waals surface area contributed by atoms with Crippen molar-refractivity contribution < 1.29 is 4.79 Å². The van der Waals surface area contributed by atoms with E-state index in [-0.39, 0.29) is 0 Å². The summed E-state index contributed by atoms with van der Waals surface area (Å²) in [6.45, 7) is 0.739. The van der Waals surface area contributed by atoms with Crippen molar-refractivity contribution in [1.29, 1.82) is 0 Å². The Kier molecular flexibility index (Phi) is 3.03. The maximum atomic E-state index is 12.0. The average Bonchev–Trinajstić information content (AvgIpc) is 2.93. The molecule has 0 spiro atoms. The lowest BCUT2D eigenvalue weighted by molar-refractivity contribution is 0.219. The molecule has 0 aromatic heterocycles.